The monoisotopic (exact) mass is 468 g/mol. The number of nitrogens with one attached hydrogen (secondary N) is 1. The van der Waals surface area contributed by atoms with Crippen molar-refractivity contribution in [1.29, 1.82) is 0 Å². The Hall–Kier alpha value is -3.22. The van der Waals surface area contributed by atoms with Crippen LogP contribution in [0.15, 0.2) is 78.9 Å². The molecule has 172 valence electrons. The second-order valence-corrected chi connectivity index (χ2v) is 8.11. The number of halogens is 2. The van der Waals surface area contributed by atoms with Gasteiger partial charge in [0.2, 0.25) is 11.8 Å². The van der Waals surface area contributed by atoms with Crippen LogP contribution in [0.2, 0.25) is 5.02 Å². The molecule has 2 amide bonds. The summed E-state index contributed by atoms with van der Waals surface area (Å²) >= 11 is 5.96. The molecule has 0 heterocycles. The lowest BCUT2D eigenvalue weighted by Crippen LogP contribution is -2.51. The molecule has 3 aromatic rings. The molecular formula is C26H26ClFN2O3. The Balaban J connectivity index is 1.93. The molecule has 33 heavy (non-hydrogen) atoms. The van der Waals surface area contributed by atoms with Gasteiger partial charge < -0.3 is 15.3 Å². The number of carbonyl (C=O) groups excluding carboxylic acids is 2. The van der Waals surface area contributed by atoms with E-state index in [9.17, 15) is 19.1 Å². The molecule has 7 heteroatoms. The molecule has 0 saturated heterocycles. The quantitative estimate of drug-likeness (QED) is 0.476. The van der Waals surface area contributed by atoms with Crippen LogP contribution < -0.4 is 5.32 Å². The first-order valence-corrected chi connectivity index (χ1v) is 11.0. The van der Waals surface area contributed by atoms with Crippen LogP contribution >= 0.6 is 11.6 Å². The zero-order valence-electron chi connectivity index (χ0n) is 18.1. The number of nitrogens with zero attached hydrogens (tertiary/aromatic N) is 1. The van der Waals surface area contributed by atoms with Crippen molar-refractivity contribution in [2.75, 3.05) is 13.2 Å². The Morgan fingerprint density at radius 2 is 1.55 bits per heavy atom. The van der Waals surface area contributed by atoms with Gasteiger partial charge >= 0.3 is 0 Å². The maximum Gasteiger partial charge on any atom is 0.243 e. The number of hydrogen-bond donors (Lipinski definition) is 2. The van der Waals surface area contributed by atoms with Gasteiger partial charge in [-0.3, -0.25) is 9.59 Å². The number of aliphatic hydroxyl groups is 1. The number of aliphatic hydroxyl groups excluding tert-OH is 1. The minimum atomic E-state index is -0.816. The third kappa shape index (κ3) is 7.41. The van der Waals surface area contributed by atoms with Crippen molar-refractivity contribution in [3.63, 3.8) is 0 Å². The van der Waals surface area contributed by atoms with E-state index in [1.807, 2.05) is 30.3 Å². The van der Waals surface area contributed by atoms with Crippen molar-refractivity contribution >= 4 is 23.4 Å². The van der Waals surface area contributed by atoms with Crippen LogP contribution in [-0.4, -0.2) is 41.0 Å². The van der Waals surface area contributed by atoms with Crippen molar-refractivity contribution in [2.24, 2.45) is 0 Å². The van der Waals surface area contributed by atoms with Crippen LogP contribution in [0.1, 0.15) is 16.7 Å². The highest BCUT2D eigenvalue weighted by Crippen LogP contribution is 2.18. The van der Waals surface area contributed by atoms with E-state index in [0.29, 0.717) is 17.0 Å². The first kappa shape index (κ1) is 24.4. The fraction of sp³-hybridized carbons (Fsp3) is 0.231. The van der Waals surface area contributed by atoms with Gasteiger partial charge in [0.15, 0.2) is 0 Å². The number of carbonyl (C=O) groups is 2. The smallest absolute Gasteiger partial charge is 0.243 e. The summed E-state index contributed by atoms with van der Waals surface area (Å²) < 4.78 is 13.4. The Bertz CT molecular complexity index is 1040. The molecular weight excluding hydrogens is 443 g/mol. The fourth-order valence-electron chi connectivity index (χ4n) is 3.52. The molecule has 0 aliphatic rings. The summed E-state index contributed by atoms with van der Waals surface area (Å²) in [4.78, 5) is 28.1. The van der Waals surface area contributed by atoms with Gasteiger partial charge in [0.1, 0.15) is 11.9 Å². The average Bonchev–Trinajstić information content (AvgIpc) is 2.83. The van der Waals surface area contributed by atoms with E-state index < -0.39 is 6.04 Å². The predicted molar refractivity (Wildman–Crippen MR) is 126 cm³/mol. The summed E-state index contributed by atoms with van der Waals surface area (Å²) in [5, 5.41) is 12.4. The highest BCUT2D eigenvalue weighted by Gasteiger charge is 2.30. The van der Waals surface area contributed by atoms with E-state index in [-0.39, 0.29) is 43.7 Å². The summed E-state index contributed by atoms with van der Waals surface area (Å²) in [5.74, 6) is -0.986. The Morgan fingerprint density at radius 3 is 2.18 bits per heavy atom. The van der Waals surface area contributed by atoms with Gasteiger partial charge in [0.25, 0.3) is 0 Å². The third-order valence-corrected chi connectivity index (χ3v) is 5.47. The maximum atomic E-state index is 13.5. The minimum absolute atomic E-state index is 0.0803. The zero-order chi connectivity index (χ0) is 23.6. The Kier molecular flexibility index (Phi) is 8.98. The summed E-state index contributed by atoms with van der Waals surface area (Å²) in [6, 6.07) is 21.4. The van der Waals surface area contributed by atoms with Crippen LogP contribution in [0, 0.1) is 5.82 Å². The van der Waals surface area contributed by atoms with E-state index in [0.717, 1.165) is 11.1 Å². The van der Waals surface area contributed by atoms with Gasteiger partial charge in [-0.25, -0.2) is 4.39 Å². The molecule has 3 rings (SSSR count). The molecule has 0 aliphatic heterocycles. The summed E-state index contributed by atoms with van der Waals surface area (Å²) in [5.41, 5.74) is 2.36. The average molecular weight is 469 g/mol. The molecule has 2 N–H and O–H groups in total. The second kappa shape index (κ2) is 12.1. The topological polar surface area (TPSA) is 69.6 Å². The van der Waals surface area contributed by atoms with E-state index >= 15 is 0 Å². The molecule has 1 unspecified atom stereocenters. The van der Waals surface area contributed by atoms with Gasteiger partial charge in [-0.05, 0) is 41.0 Å². The molecule has 0 aliphatic carbocycles. The van der Waals surface area contributed by atoms with Crippen LogP contribution in [0.25, 0.3) is 0 Å². The molecule has 3 aromatic carbocycles. The lowest BCUT2D eigenvalue weighted by atomic mass is 10.0. The van der Waals surface area contributed by atoms with E-state index in [4.69, 9.17) is 11.6 Å². The highest BCUT2D eigenvalue weighted by atomic mass is 35.5. The number of rotatable bonds is 10. The second-order valence-electron chi connectivity index (χ2n) is 7.67. The molecule has 0 spiro atoms. The molecule has 0 radical (unpaired) electrons. The summed E-state index contributed by atoms with van der Waals surface area (Å²) in [6.45, 7) is 0.0110. The molecule has 0 bridgehead atoms. The lowest BCUT2D eigenvalue weighted by molar-refractivity contribution is -0.140. The van der Waals surface area contributed by atoms with Crippen molar-refractivity contribution in [2.45, 2.75) is 25.4 Å². The van der Waals surface area contributed by atoms with Crippen molar-refractivity contribution in [1.82, 2.24) is 10.2 Å². The molecule has 0 saturated carbocycles. The van der Waals surface area contributed by atoms with Gasteiger partial charge in [-0.2, -0.15) is 0 Å². The van der Waals surface area contributed by atoms with Crippen molar-refractivity contribution < 1.29 is 19.1 Å². The third-order valence-electron chi connectivity index (χ3n) is 5.22. The van der Waals surface area contributed by atoms with Gasteiger partial charge in [0.05, 0.1) is 13.0 Å². The van der Waals surface area contributed by atoms with Gasteiger partial charge in [-0.1, -0.05) is 66.2 Å². The van der Waals surface area contributed by atoms with Crippen molar-refractivity contribution in [3.8, 4) is 0 Å². The SMILES string of the molecule is O=C(NCCO)C(Cc1ccccc1)N(Cc1ccc(F)cc1)C(=O)Cc1ccc(Cl)cc1. The first-order valence-electron chi connectivity index (χ1n) is 10.7. The maximum absolute atomic E-state index is 13.5. The number of amides is 2. The standard InChI is InChI=1S/C26H26ClFN2O3/c27-22-10-6-20(7-11-22)17-25(32)30(18-21-8-12-23(28)13-9-21)24(26(33)29-14-15-31)16-19-4-2-1-3-5-19/h1-13,24,31H,14-18H2,(H,29,33). The van der Waals surface area contributed by atoms with E-state index in [1.165, 1.54) is 17.0 Å². The van der Waals surface area contributed by atoms with Crippen LogP contribution in [0.4, 0.5) is 4.39 Å². The molecule has 5 nitrogen and oxygen atoms in total. The lowest BCUT2D eigenvalue weighted by Gasteiger charge is -2.31. The van der Waals surface area contributed by atoms with Crippen LogP contribution in [-0.2, 0) is 29.0 Å². The van der Waals surface area contributed by atoms with Gasteiger partial charge in [-0.15, -0.1) is 0 Å². The van der Waals surface area contributed by atoms with Crippen LogP contribution in [0.5, 0.6) is 0 Å². The summed E-state index contributed by atoms with van der Waals surface area (Å²) in [6.07, 6.45) is 0.378. The Morgan fingerprint density at radius 1 is 0.909 bits per heavy atom. The number of hydrogen-bond acceptors (Lipinski definition) is 3. The van der Waals surface area contributed by atoms with Crippen LogP contribution in [0.3, 0.4) is 0 Å². The highest BCUT2D eigenvalue weighted by molar-refractivity contribution is 6.30. The van der Waals surface area contributed by atoms with E-state index in [2.05, 4.69) is 5.32 Å². The molecule has 0 aromatic heterocycles. The largest absolute Gasteiger partial charge is 0.395 e. The zero-order valence-corrected chi connectivity index (χ0v) is 18.8. The summed E-state index contributed by atoms with van der Waals surface area (Å²) in [7, 11) is 0. The normalized spacial score (nSPS) is 11.6. The predicted octanol–water partition coefficient (Wildman–Crippen LogP) is 3.77. The van der Waals surface area contributed by atoms with E-state index in [1.54, 1.807) is 36.4 Å². The molecule has 1 atom stereocenters. The van der Waals surface area contributed by atoms with Gasteiger partial charge in [0, 0.05) is 24.5 Å². The number of benzene rings is 3. The first-order chi connectivity index (χ1) is 16.0. The fourth-order valence-corrected chi connectivity index (χ4v) is 3.64. The minimum Gasteiger partial charge on any atom is -0.395 e. The van der Waals surface area contributed by atoms with Crippen molar-refractivity contribution in [3.05, 3.63) is 106 Å². The Labute approximate surface area is 197 Å². The molecule has 0 fully saturated rings.